The Kier molecular flexibility index (Phi) is 3.54. The summed E-state index contributed by atoms with van der Waals surface area (Å²) in [4.78, 5) is 4.17. The standard InChI is InChI=1S/C17H19ClN2O/c1-11-8-9-19-16(18)15(11)20-13-10-17(2,3)21-14-7-5-4-6-12(13)14/h4-9,13,20H,10H2,1-3H3. The summed E-state index contributed by atoms with van der Waals surface area (Å²) in [5.74, 6) is 0.934. The smallest absolute Gasteiger partial charge is 0.152 e. The third-order valence-electron chi connectivity index (χ3n) is 3.81. The Hall–Kier alpha value is -1.74. The zero-order valence-electron chi connectivity index (χ0n) is 12.5. The highest BCUT2D eigenvalue weighted by atomic mass is 35.5. The molecule has 0 aliphatic carbocycles. The van der Waals surface area contributed by atoms with Gasteiger partial charge >= 0.3 is 0 Å². The molecule has 21 heavy (non-hydrogen) atoms. The van der Waals surface area contributed by atoms with Crippen LogP contribution in [0.5, 0.6) is 5.75 Å². The van der Waals surface area contributed by atoms with E-state index in [0.29, 0.717) is 5.15 Å². The molecular formula is C17H19ClN2O. The third kappa shape index (κ3) is 2.84. The van der Waals surface area contributed by atoms with Crippen LogP contribution in [0.15, 0.2) is 36.5 Å². The fourth-order valence-corrected chi connectivity index (χ4v) is 3.06. The molecule has 1 aliphatic rings. The molecule has 1 aromatic heterocycles. The molecule has 0 saturated carbocycles. The minimum atomic E-state index is -0.214. The highest BCUT2D eigenvalue weighted by Gasteiger charge is 2.33. The number of halogens is 1. The summed E-state index contributed by atoms with van der Waals surface area (Å²) in [5.41, 5.74) is 2.94. The highest BCUT2D eigenvalue weighted by molar-refractivity contribution is 6.32. The lowest BCUT2D eigenvalue weighted by Crippen LogP contribution is -2.37. The van der Waals surface area contributed by atoms with Crippen LogP contribution in [0, 0.1) is 6.92 Å². The zero-order chi connectivity index (χ0) is 15.0. The number of hydrogen-bond acceptors (Lipinski definition) is 3. The number of fused-ring (bicyclic) bond motifs is 1. The van der Waals surface area contributed by atoms with Gasteiger partial charge in [0.25, 0.3) is 0 Å². The quantitative estimate of drug-likeness (QED) is 0.812. The molecule has 2 aromatic rings. The Labute approximate surface area is 130 Å². The lowest BCUT2D eigenvalue weighted by molar-refractivity contribution is 0.0759. The van der Waals surface area contributed by atoms with Crippen molar-refractivity contribution < 1.29 is 4.74 Å². The monoisotopic (exact) mass is 302 g/mol. The summed E-state index contributed by atoms with van der Waals surface area (Å²) in [7, 11) is 0. The summed E-state index contributed by atoms with van der Waals surface area (Å²) < 4.78 is 6.06. The maximum atomic E-state index is 6.24. The van der Waals surface area contributed by atoms with Gasteiger partial charge in [-0.25, -0.2) is 4.98 Å². The number of aryl methyl sites for hydroxylation is 1. The second kappa shape index (κ2) is 5.23. The minimum Gasteiger partial charge on any atom is -0.487 e. The average molecular weight is 303 g/mol. The predicted molar refractivity (Wildman–Crippen MR) is 86.1 cm³/mol. The fraction of sp³-hybridized carbons (Fsp3) is 0.353. The van der Waals surface area contributed by atoms with Crippen molar-refractivity contribution in [1.29, 1.82) is 0 Å². The summed E-state index contributed by atoms with van der Waals surface area (Å²) in [5, 5.41) is 4.07. The molecule has 0 saturated heterocycles. The number of benzene rings is 1. The van der Waals surface area contributed by atoms with E-state index >= 15 is 0 Å². The van der Waals surface area contributed by atoms with Gasteiger partial charge in [-0.1, -0.05) is 29.8 Å². The summed E-state index contributed by atoms with van der Waals surface area (Å²) in [6.07, 6.45) is 2.60. The third-order valence-corrected chi connectivity index (χ3v) is 4.09. The van der Waals surface area contributed by atoms with Crippen LogP contribution in [0.25, 0.3) is 0 Å². The van der Waals surface area contributed by atoms with E-state index < -0.39 is 0 Å². The molecule has 1 unspecified atom stereocenters. The molecule has 0 spiro atoms. The van der Waals surface area contributed by atoms with E-state index in [0.717, 1.165) is 29.0 Å². The van der Waals surface area contributed by atoms with Crippen LogP contribution < -0.4 is 10.1 Å². The molecule has 0 amide bonds. The van der Waals surface area contributed by atoms with Gasteiger partial charge in [0.15, 0.2) is 5.15 Å². The van der Waals surface area contributed by atoms with E-state index in [2.05, 4.69) is 30.2 Å². The van der Waals surface area contributed by atoms with Gasteiger partial charge in [0.2, 0.25) is 0 Å². The molecule has 3 nitrogen and oxygen atoms in total. The van der Waals surface area contributed by atoms with Crippen LogP contribution >= 0.6 is 11.6 Å². The van der Waals surface area contributed by atoms with Gasteiger partial charge in [-0.05, 0) is 38.5 Å². The van der Waals surface area contributed by atoms with Crippen LogP contribution in [-0.4, -0.2) is 10.6 Å². The van der Waals surface area contributed by atoms with Crippen molar-refractivity contribution in [2.45, 2.75) is 38.8 Å². The Bertz CT molecular complexity index is 649. The number of hydrogen-bond donors (Lipinski definition) is 1. The van der Waals surface area contributed by atoms with E-state index in [9.17, 15) is 0 Å². The fourth-order valence-electron chi connectivity index (χ4n) is 2.80. The molecule has 0 fully saturated rings. The van der Waals surface area contributed by atoms with Gasteiger partial charge in [0, 0.05) is 18.2 Å². The topological polar surface area (TPSA) is 34.2 Å². The van der Waals surface area contributed by atoms with Crippen molar-refractivity contribution in [3.8, 4) is 5.75 Å². The molecule has 1 N–H and O–H groups in total. The molecule has 0 radical (unpaired) electrons. The summed E-state index contributed by atoms with van der Waals surface area (Å²) >= 11 is 6.24. The Morgan fingerprint density at radius 3 is 2.81 bits per heavy atom. The number of anilines is 1. The lowest BCUT2D eigenvalue weighted by Gasteiger charge is -2.38. The second-order valence-electron chi connectivity index (χ2n) is 6.09. The van der Waals surface area contributed by atoms with E-state index in [1.165, 1.54) is 0 Å². The molecule has 0 bridgehead atoms. The largest absolute Gasteiger partial charge is 0.487 e. The van der Waals surface area contributed by atoms with Crippen LogP contribution in [0.4, 0.5) is 5.69 Å². The van der Waals surface area contributed by atoms with Crippen molar-refractivity contribution in [2.24, 2.45) is 0 Å². The van der Waals surface area contributed by atoms with E-state index in [1.807, 2.05) is 31.2 Å². The number of pyridine rings is 1. The SMILES string of the molecule is Cc1ccnc(Cl)c1NC1CC(C)(C)Oc2ccccc21. The molecule has 1 atom stereocenters. The van der Waals surface area contributed by atoms with Crippen molar-refractivity contribution in [1.82, 2.24) is 4.98 Å². The van der Waals surface area contributed by atoms with Crippen molar-refractivity contribution in [3.63, 3.8) is 0 Å². The van der Waals surface area contributed by atoms with Gasteiger partial charge in [0.1, 0.15) is 11.4 Å². The van der Waals surface area contributed by atoms with Crippen LogP contribution in [0.3, 0.4) is 0 Å². The number of nitrogens with zero attached hydrogens (tertiary/aromatic N) is 1. The molecule has 1 aromatic carbocycles. The van der Waals surface area contributed by atoms with Crippen LogP contribution in [-0.2, 0) is 0 Å². The predicted octanol–water partition coefficient (Wildman–Crippen LogP) is 4.76. The normalized spacial score (nSPS) is 19.5. The van der Waals surface area contributed by atoms with Gasteiger partial charge in [-0.3, -0.25) is 0 Å². The molecule has 110 valence electrons. The summed E-state index contributed by atoms with van der Waals surface area (Å²) in [6, 6.07) is 10.3. The first-order valence-corrected chi connectivity index (χ1v) is 7.50. The van der Waals surface area contributed by atoms with Crippen molar-refractivity contribution in [3.05, 3.63) is 52.8 Å². The number of para-hydroxylation sites is 1. The second-order valence-corrected chi connectivity index (χ2v) is 6.45. The lowest BCUT2D eigenvalue weighted by atomic mass is 9.89. The molecule has 1 aliphatic heterocycles. The number of aromatic nitrogens is 1. The first-order chi connectivity index (χ1) is 9.96. The number of rotatable bonds is 2. The zero-order valence-corrected chi connectivity index (χ0v) is 13.2. The van der Waals surface area contributed by atoms with Crippen molar-refractivity contribution in [2.75, 3.05) is 5.32 Å². The van der Waals surface area contributed by atoms with Gasteiger partial charge in [0.05, 0.1) is 11.7 Å². The average Bonchev–Trinajstić information content (AvgIpc) is 2.41. The first-order valence-electron chi connectivity index (χ1n) is 7.12. The maximum Gasteiger partial charge on any atom is 0.152 e. The molecule has 3 rings (SSSR count). The van der Waals surface area contributed by atoms with E-state index in [-0.39, 0.29) is 11.6 Å². The van der Waals surface area contributed by atoms with Crippen molar-refractivity contribution >= 4 is 17.3 Å². The maximum absolute atomic E-state index is 6.24. The molecular weight excluding hydrogens is 284 g/mol. The Balaban J connectivity index is 1.99. The van der Waals surface area contributed by atoms with Gasteiger partial charge in [-0.15, -0.1) is 0 Å². The van der Waals surface area contributed by atoms with Crippen LogP contribution in [0.2, 0.25) is 5.15 Å². The number of nitrogens with one attached hydrogen (secondary N) is 1. The summed E-state index contributed by atoms with van der Waals surface area (Å²) in [6.45, 7) is 6.25. The Morgan fingerprint density at radius 2 is 2.05 bits per heavy atom. The first kappa shape index (κ1) is 14.2. The highest BCUT2D eigenvalue weighted by Crippen LogP contribution is 2.41. The molecule has 4 heteroatoms. The van der Waals surface area contributed by atoms with Gasteiger partial charge in [-0.2, -0.15) is 0 Å². The number of ether oxygens (including phenoxy) is 1. The van der Waals surface area contributed by atoms with Crippen LogP contribution in [0.1, 0.15) is 37.4 Å². The Morgan fingerprint density at radius 1 is 1.29 bits per heavy atom. The van der Waals surface area contributed by atoms with Gasteiger partial charge < -0.3 is 10.1 Å². The molecule has 2 heterocycles. The van der Waals surface area contributed by atoms with E-state index in [4.69, 9.17) is 16.3 Å². The minimum absolute atomic E-state index is 0.158. The van der Waals surface area contributed by atoms with E-state index in [1.54, 1.807) is 6.20 Å².